The molecule has 0 aliphatic heterocycles. The summed E-state index contributed by atoms with van der Waals surface area (Å²) in [5.41, 5.74) is 3.49. The van der Waals surface area contributed by atoms with Gasteiger partial charge in [0.05, 0.1) is 19.8 Å². The molecule has 0 bridgehead atoms. The maximum Gasteiger partial charge on any atom is 0.472 e. The molecule has 0 saturated carbocycles. The SMILES string of the molecule is CCCCC/C=C\C/C=C\C/C=C\C/C=C\CCCC(=O)OC(CO)COC(=O)CCCOP(=O)(O)OCC[NH3+]. The first kappa shape index (κ1) is 37.9. The van der Waals surface area contributed by atoms with Crippen LogP contribution in [0.25, 0.3) is 0 Å². The number of unbranched alkanes of at least 4 members (excludes halogenated alkanes) is 4. The lowest BCUT2D eigenvalue weighted by molar-refractivity contribution is -0.371. The molecule has 0 spiro atoms. The topological polar surface area (TPSA) is 156 Å². The third kappa shape index (κ3) is 26.2. The molecule has 10 nitrogen and oxygen atoms in total. The number of ether oxygens (including phenoxy) is 2. The number of phosphoric acid groups is 1. The van der Waals surface area contributed by atoms with Crippen molar-refractivity contribution in [1.29, 1.82) is 0 Å². The highest BCUT2D eigenvalue weighted by atomic mass is 31.2. The largest absolute Gasteiger partial charge is 0.472 e. The number of hydrogen-bond donors (Lipinski definition) is 3. The molecule has 40 heavy (non-hydrogen) atoms. The van der Waals surface area contributed by atoms with Gasteiger partial charge in [0.25, 0.3) is 0 Å². The van der Waals surface area contributed by atoms with Crippen LogP contribution in [0.4, 0.5) is 0 Å². The lowest BCUT2D eigenvalue weighted by atomic mass is 10.2. The van der Waals surface area contributed by atoms with Crippen LogP contribution in [0.1, 0.15) is 84.0 Å². The second kappa shape index (κ2) is 27.1. The van der Waals surface area contributed by atoms with Gasteiger partial charge in [0.15, 0.2) is 6.10 Å². The van der Waals surface area contributed by atoms with Gasteiger partial charge in [0.2, 0.25) is 0 Å². The van der Waals surface area contributed by atoms with Crippen molar-refractivity contribution >= 4 is 19.8 Å². The number of phosphoric ester groups is 1. The number of allylic oxidation sites excluding steroid dienone is 8. The van der Waals surface area contributed by atoms with Gasteiger partial charge in [-0.2, -0.15) is 0 Å². The van der Waals surface area contributed by atoms with Gasteiger partial charge in [-0.25, -0.2) is 4.57 Å². The summed E-state index contributed by atoms with van der Waals surface area (Å²) in [6.07, 6.45) is 25.5. The van der Waals surface area contributed by atoms with E-state index >= 15 is 0 Å². The summed E-state index contributed by atoms with van der Waals surface area (Å²) in [5.74, 6) is -1.08. The Bertz CT molecular complexity index is 811. The van der Waals surface area contributed by atoms with E-state index in [4.69, 9.17) is 14.0 Å². The van der Waals surface area contributed by atoms with E-state index in [1.807, 2.05) is 6.08 Å². The fraction of sp³-hybridized carbons (Fsp3) is 0.655. The molecule has 2 unspecified atom stereocenters. The number of carbonyl (C=O) groups is 2. The van der Waals surface area contributed by atoms with Crippen molar-refractivity contribution < 1.29 is 48.4 Å². The molecular weight excluding hydrogens is 537 g/mol. The van der Waals surface area contributed by atoms with Gasteiger partial charge in [-0.1, -0.05) is 68.4 Å². The van der Waals surface area contributed by atoms with Crippen LogP contribution in [0.2, 0.25) is 0 Å². The summed E-state index contributed by atoms with van der Waals surface area (Å²) in [6.45, 7) is 1.61. The van der Waals surface area contributed by atoms with E-state index in [9.17, 15) is 24.2 Å². The van der Waals surface area contributed by atoms with Crippen LogP contribution in [-0.4, -0.2) is 61.0 Å². The van der Waals surface area contributed by atoms with Gasteiger partial charge in [0.1, 0.15) is 13.2 Å². The summed E-state index contributed by atoms with van der Waals surface area (Å²) in [6, 6.07) is 0. The molecule has 11 heteroatoms. The molecule has 0 aliphatic rings. The second-order valence-corrected chi connectivity index (χ2v) is 10.5. The normalized spacial score (nSPS) is 14.4. The molecule has 0 aromatic heterocycles. The summed E-state index contributed by atoms with van der Waals surface area (Å²) < 4.78 is 31.0. The molecule has 0 aromatic rings. The van der Waals surface area contributed by atoms with E-state index in [2.05, 4.69) is 59.7 Å². The number of quaternary nitrogens is 1. The molecule has 2 atom stereocenters. The molecule has 0 fully saturated rings. The van der Waals surface area contributed by atoms with Crippen molar-refractivity contribution in [3.05, 3.63) is 48.6 Å². The number of aliphatic hydroxyl groups is 1. The third-order valence-corrected chi connectivity index (χ3v) is 6.34. The summed E-state index contributed by atoms with van der Waals surface area (Å²) in [5, 5.41) is 9.39. The number of esters is 2. The first-order valence-electron chi connectivity index (χ1n) is 14.3. The number of carbonyl (C=O) groups excluding carboxylic acids is 2. The maximum absolute atomic E-state index is 12.0. The monoisotopic (exact) mass is 588 g/mol. The smallest absolute Gasteiger partial charge is 0.462 e. The first-order valence-corrected chi connectivity index (χ1v) is 15.8. The first-order chi connectivity index (χ1) is 19.3. The Morgan fingerprint density at radius 3 is 1.93 bits per heavy atom. The van der Waals surface area contributed by atoms with E-state index in [0.717, 1.165) is 25.7 Å². The van der Waals surface area contributed by atoms with Crippen molar-refractivity contribution in [2.75, 3.05) is 33.0 Å². The highest BCUT2D eigenvalue weighted by molar-refractivity contribution is 7.47. The van der Waals surface area contributed by atoms with Crippen molar-refractivity contribution in [3.63, 3.8) is 0 Å². The third-order valence-electron chi connectivity index (χ3n) is 5.32. The minimum absolute atomic E-state index is 0.0123. The minimum atomic E-state index is -4.14. The molecule has 0 radical (unpaired) electrons. The molecule has 0 aliphatic carbocycles. The average molecular weight is 589 g/mol. The van der Waals surface area contributed by atoms with Crippen molar-refractivity contribution in [3.8, 4) is 0 Å². The Morgan fingerprint density at radius 2 is 1.35 bits per heavy atom. The number of hydrogen-bond acceptors (Lipinski definition) is 8. The van der Waals surface area contributed by atoms with Crippen LogP contribution >= 0.6 is 7.82 Å². The van der Waals surface area contributed by atoms with Gasteiger partial charge < -0.3 is 25.2 Å². The number of aliphatic hydroxyl groups excluding tert-OH is 1. The molecule has 0 heterocycles. The van der Waals surface area contributed by atoms with Crippen molar-refractivity contribution in [1.82, 2.24) is 0 Å². The van der Waals surface area contributed by atoms with Crippen molar-refractivity contribution in [2.24, 2.45) is 0 Å². The van der Waals surface area contributed by atoms with Crippen LogP contribution in [0.5, 0.6) is 0 Å². The molecule has 0 saturated heterocycles. The highest BCUT2D eigenvalue weighted by Gasteiger charge is 2.21. The minimum Gasteiger partial charge on any atom is -0.462 e. The zero-order valence-corrected chi connectivity index (χ0v) is 25.0. The van der Waals surface area contributed by atoms with Gasteiger partial charge in [-0.15, -0.1) is 0 Å². The van der Waals surface area contributed by atoms with Gasteiger partial charge in [-0.3, -0.25) is 18.6 Å². The quantitative estimate of drug-likeness (QED) is 0.0562. The van der Waals surface area contributed by atoms with Gasteiger partial charge >= 0.3 is 19.8 Å². The molecular formula is C29H51NO9P+. The summed E-state index contributed by atoms with van der Waals surface area (Å²) >= 11 is 0. The van der Waals surface area contributed by atoms with E-state index in [0.29, 0.717) is 13.0 Å². The van der Waals surface area contributed by atoms with Crippen LogP contribution in [0.15, 0.2) is 48.6 Å². The van der Waals surface area contributed by atoms with Crippen LogP contribution in [0.3, 0.4) is 0 Å². The lowest BCUT2D eigenvalue weighted by Crippen LogP contribution is -2.52. The van der Waals surface area contributed by atoms with Crippen LogP contribution in [0, 0.1) is 0 Å². The maximum atomic E-state index is 12.0. The van der Waals surface area contributed by atoms with Gasteiger partial charge in [0, 0.05) is 12.8 Å². The van der Waals surface area contributed by atoms with Crippen LogP contribution in [-0.2, 0) is 32.7 Å². The Hall–Kier alpha value is -2.07. The Morgan fingerprint density at radius 1 is 0.800 bits per heavy atom. The Balaban J connectivity index is 3.86. The number of rotatable bonds is 26. The van der Waals surface area contributed by atoms with E-state index in [1.165, 1.54) is 25.7 Å². The second-order valence-electron chi connectivity index (χ2n) is 9.05. The predicted octanol–water partition coefficient (Wildman–Crippen LogP) is 4.74. The molecule has 0 amide bonds. The van der Waals surface area contributed by atoms with Crippen LogP contribution < -0.4 is 5.73 Å². The molecule has 0 rings (SSSR count). The summed E-state index contributed by atoms with van der Waals surface area (Å²) in [4.78, 5) is 33.2. The van der Waals surface area contributed by atoms with E-state index < -0.39 is 32.5 Å². The fourth-order valence-electron chi connectivity index (χ4n) is 3.17. The Labute approximate surface area is 239 Å². The predicted molar refractivity (Wildman–Crippen MR) is 155 cm³/mol. The highest BCUT2D eigenvalue weighted by Crippen LogP contribution is 2.42. The zero-order valence-electron chi connectivity index (χ0n) is 24.1. The zero-order chi connectivity index (χ0) is 29.7. The molecule has 0 aromatic carbocycles. The lowest BCUT2D eigenvalue weighted by Gasteiger charge is -2.15. The van der Waals surface area contributed by atoms with Gasteiger partial charge in [-0.05, 0) is 51.4 Å². The molecule has 230 valence electrons. The van der Waals surface area contributed by atoms with E-state index in [1.54, 1.807) is 0 Å². The Kier molecular flexibility index (Phi) is 25.7. The van der Waals surface area contributed by atoms with Crippen molar-refractivity contribution in [2.45, 2.75) is 90.1 Å². The fourth-order valence-corrected chi connectivity index (χ4v) is 3.96. The summed E-state index contributed by atoms with van der Waals surface area (Å²) in [7, 11) is -4.14. The average Bonchev–Trinajstić information content (AvgIpc) is 2.94. The standard InChI is InChI=1S/C29H50NO9P/c1-2-3-4-5-6-7-8-9-10-11-12-13-14-15-16-17-18-20-29(33)39-27(25-31)26-36-28(32)21-19-23-37-40(34,35)38-24-22-30/h6-7,9-10,12-13,15-16,27,31H,2-5,8,11,14,17-26,30H2,1H3,(H,34,35)/p+1/b7-6-,10-9-,13-12-,16-15-. The van der Waals surface area contributed by atoms with E-state index in [-0.39, 0.29) is 39.1 Å². The molecule has 5 N–H and O–H groups in total.